The van der Waals surface area contributed by atoms with Gasteiger partial charge in [-0.3, -0.25) is 9.59 Å². The number of halogens is 1. The highest BCUT2D eigenvalue weighted by Crippen LogP contribution is 2.25. The van der Waals surface area contributed by atoms with Gasteiger partial charge in [0.15, 0.2) is 6.61 Å². The largest absolute Gasteiger partial charge is 0.484 e. The number of amides is 2. The standard InChI is InChI=1S/C26H25ClN2O3/c1-2-17-28-26(31)25(21-9-5-3-6-10-21)29(18-20-13-15-22(27)16-14-20)24(30)19-32-23-11-7-4-8-12-23/h2-16,25H,1,17-19H2,(H,28,31). The average molecular weight is 449 g/mol. The number of nitrogens with zero attached hydrogens (tertiary/aromatic N) is 1. The van der Waals surface area contributed by atoms with E-state index in [2.05, 4.69) is 11.9 Å². The highest BCUT2D eigenvalue weighted by molar-refractivity contribution is 6.30. The third kappa shape index (κ3) is 6.46. The lowest BCUT2D eigenvalue weighted by molar-refractivity contribution is -0.143. The number of para-hydroxylation sites is 1. The van der Waals surface area contributed by atoms with E-state index in [4.69, 9.17) is 16.3 Å². The zero-order valence-corrected chi connectivity index (χ0v) is 18.4. The molecule has 3 aromatic carbocycles. The second-order valence-corrected chi connectivity index (χ2v) is 7.53. The summed E-state index contributed by atoms with van der Waals surface area (Å²) in [5.41, 5.74) is 1.55. The lowest BCUT2D eigenvalue weighted by Gasteiger charge is -2.31. The predicted molar refractivity (Wildman–Crippen MR) is 126 cm³/mol. The fourth-order valence-electron chi connectivity index (χ4n) is 3.23. The van der Waals surface area contributed by atoms with Gasteiger partial charge in [-0.05, 0) is 35.4 Å². The summed E-state index contributed by atoms with van der Waals surface area (Å²) in [5.74, 6) is -0.0239. The Morgan fingerprint density at radius 1 is 0.969 bits per heavy atom. The van der Waals surface area contributed by atoms with E-state index in [1.807, 2.05) is 60.7 Å². The number of rotatable bonds is 10. The van der Waals surface area contributed by atoms with Gasteiger partial charge in [0, 0.05) is 18.1 Å². The van der Waals surface area contributed by atoms with Crippen molar-refractivity contribution in [3.8, 4) is 5.75 Å². The molecule has 5 nitrogen and oxygen atoms in total. The molecule has 6 heteroatoms. The first-order chi connectivity index (χ1) is 15.6. The summed E-state index contributed by atoms with van der Waals surface area (Å²) >= 11 is 6.02. The molecule has 0 aliphatic rings. The lowest BCUT2D eigenvalue weighted by atomic mass is 10.0. The molecule has 164 valence electrons. The van der Waals surface area contributed by atoms with Crippen molar-refractivity contribution in [2.24, 2.45) is 0 Å². The van der Waals surface area contributed by atoms with Crippen LogP contribution in [-0.4, -0.2) is 29.9 Å². The van der Waals surface area contributed by atoms with Crippen molar-refractivity contribution in [3.05, 3.63) is 114 Å². The van der Waals surface area contributed by atoms with E-state index in [9.17, 15) is 9.59 Å². The molecule has 1 N–H and O–H groups in total. The molecule has 3 aromatic rings. The molecular formula is C26H25ClN2O3. The smallest absolute Gasteiger partial charge is 0.261 e. The molecule has 32 heavy (non-hydrogen) atoms. The third-order valence-electron chi connectivity index (χ3n) is 4.79. The first kappa shape index (κ1) is 23.1. The highest BCUT2D eigenvalue weighted by Gasteiger charge is 2.31. The first-order valence-electron chi connectivity index (χ1n) is 10.2. The maximum Gasteiger partial charge on any atom is 0.261 e. The van der Waals surface area contributed by atoms with Crippen LogP contribution in [0.2, 0.25) is 5.02 Å². The van der Waals surface area contributed by atoms with Crippen molar-refractivity contribution in [1.82, 2.24) is 10.2 Å². The maximum absolute atomic E-state index is 13.4. The van der Waals surface area contributed by atoms with Crippen LogP contribution >= 0.6 is 11.6 Å². The van der Waals surface area contributed by atoms with Gasteiger partial charge in [-0.25, -0.2) is 0 Å². The average Bonchev–Trinajstić information content (AvgIpc) is 2.83. The van der Waals surface area contributed by atoms with Crippen LogP contribution in [0.4, 0.5) is 0 Å². The van der Waals surface area contributed by atoms with E-state index in [1.54, 1.807) is 30.3 Å². The van der Waals surface area contributed by atoms with Crippen molar-refractivity contribution in [2.75, 3.05) is 13.2 Å². The van der Waals surface area contributed by atoms with Gasteiger partial charge >= 0.3 is 0 Å². The van der Waals surface area contributed by atoms with Crippen LogP contribution in [0.1, 0.15) is 17.2 Å². The van der Waals surface area contributed by atoms with Gasteiger partial charge < -0.3 is 15.0 Å². The van der Waals surface area contributed by atoms with Crippen molar-refractivity contribution in [2.45, 2.75) is 12.6 Å². The summed E-state index contributed by atoms with van der Waals surface area (Å²) in [6.07, 6.45) is 1.60. The van der Waals surface area contributed by atoms with Gasteiger partial charge in [-0.1, -0.05) is 78.3 Å². The molecule has 0 spiro atoms. The van der Waals surface area contributed by atoms with E-state index in [0.29, 0.717) is 22.9 Å². The van der Waals surface area contributed by atoms with Crippen molar-refractivity contribution in [1.29, 1.82) is 0 Å². The number of carbonyl (C=O) groups is 2. The molecule has 0 fully saturated rings. The Hall–Kier alpha value is -3.57. The van der Waals surface area contributed by atoms with Crippen LogP contribution in [0.3, 0.4) is 0 Å². The molecular weight excluding hydrogens is 424 g/mol. The quantitative estimate of drug-likeness (QED) is 0.453. The summed E-state index contributed by atoms with van der Waals surface area (Å²) in [6, 6.07) is 24.7. The van der Waals surface area contributed by atoms with Gasteiger partial charge in [-0.15, -0.1) is 6.58 Å². The Balaban J connectivity index is 1.92. The maximum atomic E-state index is 13.4. The molecule has 1 atom stereocenters. The minimum atomic E-state index is -0.835. The molecule has 0 saturated carbocycles. The molecule has 0 saturated heterocycles. The highest BCUT2D eigenvalue weighted by atomic mass is 35.5. The summed E-state index contributed by atoms with van der Waals surface area (Å²) in [4.78, 5) is 28.0. The van der Waals surface area contributed by atoms with E-state index in [0.717, 1.165) is 5.56 Å². The van der Waals surface area contributed by atoms with E-state index in [1.165, 1.54) is 4.90 Å². The van der Waals surface area contributed by atoms with Gasteiger partial charge in [0.1, 0.15) is 11.8 Å². The summed E-state index contributed by atoms with van der Waals surface area (Å²) in [5, 5.41) is 3.42. The molecule has 0 bridgehead atoms. The number of hydrogen-bond acceptors (Lipinski definition) is 3. The molecule has 3 rings (SSSR count). The van der Waals surface area contributed by atoms with E-state index in [-0.39, 0.29) is 25.0 Å². The van der Waals surface area contributed by atoms with Crippen molar-refractivity contribution < 1.29 is 14.3 Å². The zero-order valence-electron chi connectivity index (χ0n) is 17.6. The van der Waals surface area contributed by atoms with E-state index >= 15 is 0 Å². The molecule has 1 unspecified atom stereocenters. The van der Waals surface area contributed by atoms with Crippen LogP contribution in [0.5, 0.6) is 5.75 Å². The zero-order chi connectivity index (χ0) is 22.8. The Kier molecular flexibility index (Phi) is 8.46. The number of carbonyl (C=O) groups excluding carboxylic acids is 2. The van der Waals surface area contributed by atoms with Gasteiger partial charge in [0.25, 0.3) is 5.91 Å². The summed E-state index contributed by atoms with van der Waals surface area (Å²) in [7, 11) is 0. The van der Waals surface area contributed by atoms with Gasteiger partial charge in [0.05, 0.1) is 0 Å². The van der Waals surface area contributed by atoms with Crippen LogP contribution in [-0.2, 0) is 16.1 Å². The molecule has 0 heterocycles. The monoisotopic (exact) mass is 448 g/mol. The van der Waals surface area contributed by atoms with Crippen LogP contribution in [0.15, 0.2) is 97.6 Å². The summed E-state index contributed by atoms with van der Waals surface area (Å²) in [6.45, 7) is 3.97. The minimum absolute atomic E-state index is 0.199. The second-order valence-electron chi connectivity index (χ2n) is 7.10. The van der Waals surface area contributed by atoms with Gasteiger partial charge in [0.2, 0.25) is 5.91 Å². The minimum Gasteiger partial charge on any atom is -0.484 e. The third-order valence-corrected chi connectivity index (χ3v) is 5.04. The number of ether oxygens (including phenoxy) is 1. The van der Waals surface area contributed by atoms with Crippen LogP contribution in [0, 0.1) is 0 Å². The molecule has 0 aliphatic heterocycles. The normalized spacial score (nSPS) is 11.3. The number of nitrogens with one attached hydrogen (secondary N) is 1. The van der Waals surface area contributed by atoms with Crippen LogP contribution < -0.4 is 10.1 Å². The van der Waals surface area contributed by atoms with Crippen LogP contribution in [0.25, 0.3) is 0 Å². The Labute approximate surface area is 193 Å². The predicted octanol–water partition coefficient (Wildman–Crippen LogP) is 4.79. The second kappa shape index (κ2) is 11.7. The Morgan fingerprint density at radius 2 is 1.59 bits per heavy atom. The molecule has 0 aromatic heterocycles. The van der Waals surface area contributed by atoms with Crippen molar-refractivity contribution >= 4 is 23.4 Å². The Morgan fingerprint density at radius 3 is 2.22 bits per heavy atom. The topological polar surface area (TPSA) is 58.6 Å². The first-order valence-corrected chi connectivity index (χ1v) is 10.6. The van der Waals surface area contributed by atoms with E-state index < -0.39 is 6.04 Å². The fraction of sp³-hybridized carbons (Fsp3) is 0.154. The van der Waals surface area contributed by atoms with Gasteiger partial charge in [-0.2, -0.15) is 0 Å². The lowest BCUT2D eigenvalue weighted by Crippen LogP contribution is -2.45. The summed E-state index contributed by atoms with van der Waals surface area (Å²) < 4.78 is 5.69. The number of benzene rings is 3. The fourth-order valence-corrected chi connectivity index (χ4v) is 3.36. The molecule has 2 amide bonds. The molecule has 0 aliphatic carbocycles. The SMILES string of the molecule is C=CCNC(=O)C(c1ccccc1)N(Cc1ccc(Cl)cc1)C(=O)COc1ccccc1. The van der Waals surface area contributed by atoms with Crippen molar-refractivity contribution in [3.63, 3.8) is 0 Å². The molecule has 0 radical (unpaired) electrons. The number of hydrogen-bond donors (Lipinski definition) is 1. The Bertz CT molecular complexity index is 1020.